The van der Waals surface area contributed by atoms with Crippen LogP contribution in [-0.2, 0) is 25.3 Å². The molecular formula is C40H53BN4O5. The van der Waals surface area contributed by atoms with Gasteiger partial charge in [0, 0.05) is 24.7 Å². The molecule has 0 spiro atoms. The number of rotatable bonds is 14. The van der Waals surface area contributed by atoms with Crippen molar-refractivity contribution in [1.29, 1.82) is 0 Å². The summed E-state index contributed by atoms with van der Waals surface area (Å²) in [6, 6.07) is 13.5. The smallest absolute Gasteiger partial charge is 0.404 e. The van der Waals surface area contributed by atoms with Gasteiger partial charge in [0.1, 0.15) is 5.69 Å². The van der Waals surface area contributed by atoms with E-state index in [-0.39, 0.29) is 53.1 Å². The van der Waals surface area contributed by atoms with Gasteiger partial charge in [-0.3, -0.25) is 19.4 Å². The highest BCUT2D eigenvalue weighted by molar-refractivity contribution is 6.47. The van der Waals surface area contributed by atoms with E-state index in [9.17, 15) is 14.4 Å². The molecule has 7 rings (SSSR count). The first-order valence-electron chi connectivity index (χ1n) is 18.5. The van der Waals surface area contributed by atoms with Crippen LogP contribution in [0.2, 0.25) is 0 Å². The van der Waals surface area contributed by atoms with Crippen molar-refractivity contribution < 1.29 is 23.7 Å². The van der Waals surface area contributed by atoms with Gasteiger partial charge in [-0.25, -0.2) is 4.98 Å². The van der Waals surface area contributed by atoms with Crippen molar-refractivity contribution in [3.8, 4) is 0 Å². The summed E-state index contributed by atoms with van der Waals surface area (Å²) in [6.45, 7) is 15.2. The molecule has 2 unspecified atom stereocenters. The Morgan fingerprint density at radius 2 is 1.68 bits per heavy atom. The number of carbonyl (C=O) groups excluding carboxylic acids is 3. The number of ketones is 1. The predicted molar refractivity (Wildman–Crippen MR) is 195 cm³/mol. The third-order valence-corrected chi connectivity index (χ3v) is 11.7. The van der Waals surface area contributed by atoms with Crippen LogP contribution in [0.1, 0.15) is 96.6 Å². The Kier molecular flexibility index (Phi) is 10.5. The number of carbonyl (C=O) groups is 3. The third-order valence-electron chi connectivity index (χ3n) is 11.7. The lowest BCUT2D eigenvalue weighted by molar-refractivity contribution is -0.199. The Hall–Kier alpha value is -3.63. The van der Waals surface area contributed by atoms with Crippen LogP contribution in [0, 0.1) is 35.0 Å². The first kappa shape index (κ1) is 36.2. The minimum atomic E-state index is -0.776. The van der Waals surface area contributed by atoms with E-state index >= 15 is 0 Å². The molecule has 3 aromatic rings. The first-order chi connectivity index (χ1) is 23.7. The fourth-order valence-corrected chi connectivity index (χ4v) is 8.80. The van der Waals surface area contributed by atoms with Crippen LogP contribution in [0.5, 0.6) is 0 Å². The number of hydrogen-bond donors (Lipinski definition) is 2. The molecule has 3 aliphatic carbocycles. The van der Waals surface area contributed by atoms with Gasteiger partial charge in [-0.05, 0) is 84.5 Å². The Bertz CT molecular complexity index is 1700. The molecule has 2 heterocycles. The second kappa shape index (κ2) is 14.5. The molecule has 4 fully saturated rings. The summed E-state index contributed by atoms with van der Waals surface area (Å²) in [5, 5.41) is 8.41. The highest BCUT2D eigenvalue weighted by Gasteiger charge is 2.68. The molecule has 0 radical (unpaired) electrons. The number of fused-ring (bicyclic) bond motifs is 1. The molecule has 7 atom stereocenters. The number of amides is 2. The molecular weight excluding hydrogens is 627 g/mol. The maximum absolute atomic E-state index is 14.5. The van der Waals surface area contributed by atoms with Crippen molar-refractivity contribution in [2.75, 3.05) is 0 Å². The van der Waals surface area contributed by atoms with Crippen LogP contribution in [0.3, 0.4) is 0 Å². The van der Waals surface area contributed by atoms with Gasteiger partial charge < -0.3 is 19.9 Å². The van der Waals surface area contributed by atoms with Gasteiger partial charge in [0.25, 0.3) is 5.91 Å². The van der Waals surface area contributed by atoms with E-state index in [2.05, 4.69) is 79.5 Å². The number of nitrogens with zero attached hydrogens (tertiary/aromatic N) is 2. The molecule has 266 valence electrons. The van der Waals surface area contributed by atoms with Gasteiger partial charge in [0.15, 0.2) is 5.78 Å². The third kappa shape index (κ3) is 7.52. The Morgan fingerprint density at radius 3 is 2.36 bits per heavy atom. The molecule has 10 heteroatoms. The van der Waals surface area contributed by atoms with Gasteiger partial charge in [-0.15, -0.1) is 0 Å². The number of aromatic nitrogens is 2. The standard InChI is InChI=1S/C40H53BN4O5/c1-24(2)16-31(44-38(48)32-23-42-14-15-43-32)33(46)20-29(19-26-12-13-27-10-8-9-11-28(27)18-26)37(47)45-36(17-25(3)4)41-49-35-22-30-21-34(39(30,5)6)40(35,7)50-41/h8-15,18,23-25,29-31,34-36H,16-17,19-22H2,1-7H3,(H,44,48)(H,45,47)/t29-,30?,31+,34+,35?,36+,40+/m1/s1. The molecule has 2 bridgehead atoms. The predicted octanol–water partition coefficient (Wildman–Crippen LogP) is 6.39. The molecule has 50 heavy (non-hydrogen) atoms. The zero-order chi connectivity index (χ0) is 35.8. The van der Waals surface area contributed by atoms with Crippen LogP contribution in [0.4, 0.5) is 0 Å². The van der Waals surface area contributed by atoms with Crippen LogP contribution in [0.25, 0.3) is 10.8 Å². The Labute approximate surface area is 297 Å². The lowest BCUT2D eigenvalue weighted by atomic mass is 9.43. The largest absolute Gasteiger partial charge is 0.481 e. The van der Waals surface area contributed by atoms with E-state index in [1.165, 1.54) is 18.6 Å². The molecule has 2 N–H and O–H groups in total. The number of hydrogen-bond acceptors (Lipinski definition) is 7. The summed E-state index contributed by atoms with van der Waals surface area (Å²) in [5.74, 6) is -0.467. The fourth-order valence-electron chi connectivity index (χ4n) is 8.80. The average Bonchev–Trinajstić information content (AvgIpc) is 3.44. The lowest BCUT2D eigenvalue weighted by Gasteiger charge is -2.64. The van der Waals surface area contributed by atoms with Crippen molar-refractivity contribution in [3.63, 3.8) is 0 Å². The SMILES string of the molecule is CC(C)C[C@H](NC(=O)[C@@H](CC(=O)[C@H](CC(C)C)NC(=O)c1cnccn1)Cc1ccc2ccccc2c1)B1OC2CC3C[C@@H](C3(C)C)[C@]2(C)O1. The Morgan fingerprint density at radius 1 is 0.940 bits per heavy atom. The summed E-state index contributed by atoms with van der Waals surface area (Å²) in [6.07, 6.45) is 7.89. The molecule has 2 amide bonds. The molecule has 1 aromatic heterocycles. The van der Waals surface area contributed by atoms with Gasteiger partial charge in [0.2, 0.25) is 5.91 Å². The molecule has 9 nitrogen and oxygen atoms in total. The fraction of sp³-hybridized carbons (Fsp3) is 0.575. The van der Waals surface area contributed by atoms with Crippen LogP contribution >= 0.6 is 0 Å². The lowest BCUT2D eigenvalue weighted by Crippen LogP contribution is -2.65. The van der Waals surface area contributed by atoms with E-state index in [0.717, 1.165) is 29.2 Å². The van der Waals surface area contributed by atoms with Gasteiger partial charge >= 0.3 is 7.12 Å². The highest BCUT2D eigenvalue weighted by Crippen LogP contribution is 2.65. The molecule has 3 saturated carbocycles. The van der Waals surface area contributed by atoms with E-state index in [4.69, 9.17) is 9.31 Å². The Balaban J connectivity index is 1.24. The second-order valence-corrected chi connectivity index (χ2v) is 16.6. The van der Waals surface area contributed by atoms with Gasteiger partial charge in [-0.1, -0.05) is 84.0 Å². The zero-order valence-electron chi connectivity index (χ0n) is 30.6. The minimum Gasteiger partial charge on any atom is -0.404 e. The zero-order valence-corrected chi connectivity index (χ0v) is 30.6. The summed E-state index contributed by atoms with van der Waals surface area (Å²) >= 11 is 0. The minimum absolute atomic E-state index is 0.000483. The topological polar surface area (TPSA) is 120 Å². The van der Waals surface area contributed by atoms with Crippen molar-refractivity contribution in [1.82, 2.24) is 20.6 Å². The van der Waals surface area contributed by atoms with E-state index in [0.29, 0.717) is 31.1 Å². The van der Waals surface area contributed by atoms with Crippen molar-refractivity contribution in [3.05, 3.63) is 72.3 Å². The monoisotopic (exact) mass is 680 g/mol. The van der Waals surface area contributed by atoms with Crippen molar-refractivity contribution in [2.45, 2.75) is 111 Å². The molecule has 1 saturated heterocycles. The summed E-state index contributed by atoms with van der Waals surface area (Å²) in [7, 11) is -0.566. The summed E-state index contributed by atoms with van der Waals surface area (Å²) in [5.41, 5.74) is 0.924. The molecule has 2 aromatic carbocycles. The van der Waals surface area contributed by atoms with E-state index < -0.39 is 30.6 Å². The average molecular weight is 681 g/mol. The molecule has 1 aliphatic heterocycles. The highest BCUT2D eigenvalue weighted by atomic mass is 16.7. The number of benzene rings is 2. The normalized spacial score (nSPS) is 25.5. The first-order valence-corrected chi connectivity index (χ1v) is 18.5. The van der Waals surface area contributed by atoms with Crippen LogP contribution < -0.4 is 10.6 Å². The van der Waals surface area contributed by atoms with Gasteiger partial charge in [0.05, 0.1) is 29.9 Å². The molecule has 4 aliphatic rings. The van der Waals surface area contributed by atoms with Crippen molar-refractivity contribution >= 4 is 35.5 Å². The van der Waals surface area contributed by atoms with E-state index in [1.54, 1.807) is 0 Å². The van der Waals surface area contributed by atoms with Gasteiger partial charge in [-0.2, -0.15) is 0 Å². The maximum atomic E-state index is 14.5. The number of nitrogens with one attached hydrogen (secondary N) is 2. The van der Waals surface area contributed by atoms with Crippen LogP contribution in [-0.4, -0.2) is 58.4 Å². The van der Waals surface area contributed by atoms with Crippen LogP contribution in [0.15, 0.2) is 61.1 Å². The maximum Gasteiger partial charge on any atom is 0.481 e. The quantitative estimate of drug-likeness (QED) is 0.190. The summed E-state index contributed by atoms with van der Waals surface area (Å²) < 4.78 is 13.5. The second-order valence-electron chi connectivity index (χ2n) is 16.6. The summed E-state index contributed by atoms with van der Waals surface area (Å²) in [4.78, 5) is 49.8. The van der Waals surface area contributed by atoms with Crippen molar-refractivity contribution in [2.24, 2.45) is 35.0 Å². The number of Topliss-reactive ketones (excluding diaryl/α,β-unsaturated/α-hetero) is 1. The van der Waals surface area contributed by atoms with E-state index in [1.807, 2.05) is 32.0 Å².